The van der Waals surface area contributed by atoms with Crippen molar-refractivity contribution in [2.45, 2.75) is 6.54 Å². The second-order valence-corrected chi connectivity index (χ2v) is 4.98. The van der Waals surface area contributed by atoms with E-state index in [-0.39, 0.29) is 12.2 Å². The number of aromatic amines is 1. The largest absolute Gasteiger partial charge is 0.464 e. The molecular formula is C13H10N4O4S. The summed E-state index contributed by atoms with van der Waals surface area (Å²) in [6.07, 6.45) is 0. The van der Waals surface area contributed by atoms with Crippen LogP contribution in [0.15, 0.2) is 33.9 Å². The van der Waals surface area contributed by atoms with Gasteiger partial charge in [0.2, 0.25) is 0 Å². The fraction of sp³-hybridized carbons (Fsp3) is 0.154. The monoisotopic (exact) mass is 318 g/mol. The van der Waals surface area contributed by atoms with Crippen molar-refractivity contribution in [3.63, 3.8) is 0 Å². The molecule has 3 rings (SSSR count). The van der Waals surface area contributed by atoms with E-state index in [9.17, 15) is 14.4 Å². The first kappa shape index (κ1) is 14.1. The van der Waals surface area contributed by atoms with Crippen LogP contribution in [0.1, 0.15) is 16.1 Å². The van der Waals surface area contributed by atoms with Crippen LogP contribution in [0.2, 0.25) is 0 Å². The lowest BCUT2D eigenvalue weighted by atomic mass is 10.2. The van der Waals surface area contributed by atoms with Gasteiger partial charge in [-0.1, -0.05) is 12.1 Å². The summed E-state index contributed by atoms with van der Waals surface area (Å²) in [5.41, 5.74) is 0.596. The van der Waals surface area contributed by atoms with Crippen LogP contribution in [0.5, 0.6) is 0 Å². The van der Waals surface area contributed by atoms with E-state index in [1.165, 1.54) is 7.11 Å². The average Bonchev–Trinajstić information content (AvgIpc) is 2.99. The Balaban J connectivity index is 2.06. The molecule has 0 aliphatic carbocycles. The van der Waals surface area contributed by atoms with Gasteiger partial charge >= 0.3 is 11.7 Å². The summed E-state index contributed by atoms with van der Waals surface area (Å²) in [4.78, 5) is 37.8. The minimum absolute atomic E-state index is 0.0401. The van der Waals surface area contributed by atoms with Crippen molar-refractivity contribution in [1.82, 2.24) is 18.3 Å². The highest BCUT2D eigenvalue weighted by molar-refractivity contribution is 7.00. The zero-order chi connectivity index (χ0) is 15.7. The third-order valence-corrected chi connectivity index (χ3v) is 3.67. The molecule has 0 saturated heterocycles. The minimum atomic E-state index is -0.771. The van der Waals surface area contributed by atoms with Crippen molar-refractivity contribution < 1.29 is 9.53 Å². The molecule has 0 fully saturated rings. The maximum Gasteiger partial charge on any atom is 0.354 e. The Bertz CT molecular complexity index is 941. The molecule has 8 nitrogen and oxygen atoms in total. The molecule has 112 valence electrons. The number of H-pyrrole nitrogens is 1. The molecular weight excluding hydrogens is 308 g/mol. The van der Waals surface area contributed by atoms with Crippen molar-refractivity contribution in [2.24, 2.45) is 0 Å². The fourth-order valence-electron chi connectivity index (χ4n) is 2.05. The molecule has 0 atom stereocenters. The Morgan fingerprint density at radius 2 is 2.18 bits per heavy atom. The van der Waals surface area contributed by atoms with Crippen molar-refractivity contribution in [3.05, 3.63) is 56.4 Å². The average molecular weight is 318 g/mol. The zero-order valence-corrected chi connectivity index (χ0v) is 12.2. The van der Waals surface area contributed by atoms with Crippen LogP contribution >= 0.6 is 11.7 Å². The second-order valence-electron chi connectivity index (χ2n) is 4.45. The lowest BCUT2D eigenvalue weighted by Crippen LogP contribution is -2.36. The molecule has 0 amide bonds. The molecule has 0 radical (unpaired) electrons. The highest BCUT2D eigenvalue weighted by Crippen LogP contribution is 2.16. The topological polar surface area (TPSA) is 107 Å². The molecule has 0 saturated carbocycles. The van der Waals surface area contributed by atoms with Crippen molar-refractivity contribution >= 4 is 28.7 Å². The normalized spacial score (nSPS) is 10.8. The third-order valence-electron chi connectivity index (χ3n) is 3.12. The van der Waals surface area contributed by atoms with Crippen LogP contribution in [0, 0.1) is 0 Å². The van der Waals surface area contributed by atoms with Gasteiger partial charge in [-0.05, 0) is 6.07 Å². The summed E-state index contributed by atoms with van der Waals surface area (Å²) in [5, 5.41) is 0. The smallest absolute Gasteiger partial charge is 0.354 e. The Hall–Kier alpha value is -2.81. The summed E-state index contributed by atoms with van der Waals surface area (Å²) in [5.74, 6) is -0.771. The molecule has 0 spiro atoms. The standard InChI is InChI=1S/C13H10N4O4S/c1-21-12(19)9-5-10(18)17(13(20)14-9)6-7-3-2-4-8-11(7)16-22-15-8/h2-5H,6H2,1H3,(H,14,20). The summed E-state index contributed by atoms with van der Waals surface area (Å²) >= 11 is 1.06. The number of carbonyl (C=O) groups excluding carboxylic acids is 1. The number of aromatic nitrogens is 4. The van der Waals surface area contributed by atoms with Crippen LogP contribution in [-0.2, 0) is 11.3 Å². The summed E-state index contributed by atoms with van der Waals surface area (Å²) in [7, 11) is 1.17. The lowest BCUT2D eigenvalue weighted by Gasteiger charge is -2.06. The summed E-state index contributed by atoms with van der Waals surface area (Å²) < 4.78 is 13.7. The number of benzene rings is 1. The van der Waals surface area contributed by atoms with Gasteiger partial charge in [-0.25, -0.2) is 9.59 Å². The lowest BCUT2D eigenvalue weighted by molar-refractivity contribution is 0.0593. The minimum Gasteiger partial charge on any atom is -0.464 e. The number of hydrogen-bond donors (Lipinski definition) is 1. The quantitative estimate of drug-likeness (QED) is 0.699. The maximum absolute atomic E-state index is 12.1. The van der Waals surface area contributed by atoms with E-state index >= 15 is 0 Å². The Morgan fingerprint density at radius 3 is 2.91 bits per heavy atom. The molecule has 9 heteroatoms. The molecule has 2 heterocycles. The van der Waals surface area contributed by atoms with Gasteiger partial charge in [0, 0.05) is 11.6 Å². The van der Waals surface area contributed by atoms with Crippen molar-refractivity contribution in [3.8, 4) is 0 Å². The first-order valence-electron chi connectivity index (χ1n) is 6.23. The molecule has 22 heavy (non-hydrogen) atoms. The van der Waals surface area contributed by atoms with E-state index < -0.39 is 17.2 Å². The number of methoxy groups -OCH3 is 1. The van der Waals surface area contributed by atoms with E-state index in [0.717, 1.165) is 22.4 Å². The van der Waals surface area contributed by atoms with Crippen LogP contribution in [0.3, 0.4) is 0 Å². The van der Waals surface area contributed by atoms with Crippen LogP contribution in [-0.4, -0.2) is 31.4 Å². The molecule has 0 bridgehead atoms. The predicted octanol–water partition coefficient (Wildman–Crippen LogP) is 0.376. The Morgan fingerprint density at radius 1 is 1.36 bits per heavy atom. The van der Waals surface area contributed by atoms with Gasteiger partial charge in [-0.15, -0.1) is 0 Å². The SMILES string of the molecule is COC(=O)c1cc(=O)n(Cc2cccc3nsnc23)c(=O)[nH]1. The number of fused-ring (bicyclic) bond motifs is 1. The number of hydrogen-bond acceptors (Lipinski definition) is 7. The van der Waals surface area contributed by atoms with Gasteiger partial charge in [-0.3, -0.25) is 9.36 Å². The molecule has 0 aliphatic heterocycles. The fourth-order valence-corrected chi connectivity index (χ4v) is 2.62. The van der Waals surface area contributed by atoms with Gasteiger partial charge in [0.05, 0.1) is 25.4 Å². The van der Waals surface area contributed by atoms with Gasteiger partial charge in [0.15, 0.2) is 0 Å². The molecule has 3 aromatic rings. The molecule has 1 aromatic carbocycles. The van der Waals surface area contributed by atoms with E-state index in [0.29, 0.717) is 16.6 Å². The maximum atomic E-state index is 12.1. The number of carbonyl (C=O) groups is 1. The zero-order valence-electron chi connectivity index (χ0n) is 11.4. The molecule has 0 unspecified atom stereocenters. The van der Waals surface area contributed by atoms with Gasteiger partial charge in [0.1, 0.15) is 16.7 Å². The highest BCUT2D eigenvalue weighted by atomic mass is 32.1. The third kappa shape index (κ3) is 2.42. The number of nitrogens with zero attached hydrogens (tertiary/aromatic N) is 3. The second kappa shape index (κ2) is 5.53. The Labute approximate surface area is 127 Å². The first-order chi connectivity index (χ1) is 10.6. The van der Waals surface area contributed by atoms with E-state index in [1.807, 2.05) is 0 Å². The number of ether oxygens (including phenoxy) is 1. The summed E-state index contributed by atoms with van der Waals surface area (Å²) in [6, 6.07) is 6.38. The molecule has 2 aromatic heterocycles. The Kier molecular flexibility index (Phi) is 3.55. The van der Waals surface area contributed by atoms with Gasteiger partial charge < -0.3 is 9.72 Å². The van der Waals surface area contributed by atoms with E-state index in [2.05, 4.69) is 18.5 Å². The molecule has 0 aliphatic rings. The first-order valence-corrected chi connectivity index (χ1v) is 6.96. The summed E-state index contributed by atoms with van der Waals surface area (Å²) in [6.45, 7) is 0.0401. The van der Waals surface area contributed by atoms with Gasteiger partial charge in [-0.2, -0.15) is 8.75 Å². The number of nitrogens with one attached hydrogen (secondary N) is 1. The number of esters is 1. The van der Waals surface area contributed by atoms with Crippen molar-refractivity contribution in [2.75, 3.05) is 7.11 Å². The van der Waals surface area contributed by atoms with E-state index in [4.69, 9.17) is 0 Å². The van der Waals surface area contributed by atoms with Gasteiger partial charge in [0.25, 0.3) is 5.56 Å². The predicted molar refractivity (Wildman–Crippen MR) is 79.2 cm³/mol. The highest BCUT2D eigenvalue weighted by Gasteiger charge is 2.13. The number of rotatable bonds is 3. The van der Waals surface area contributed by atoms with Crippen LogP contribution in [0.25, 0.3) is 11.0 Å². The van der Waals surface area contributed by atoms with Crippen molar-refractivity contribution in [1.29, 1.82) is 0 Å². The van der Waals surface area contributed by atoms with E-state index in [1.54, 1.807) is 18.2 Å². The molecule has 1 N–H and O–H groups in total. The van der Waals surface area contributed by atoms with Crippen LogP contribution < -0.4 is 11.2 Å². The van der Waals surface area contributed by atoms with Crippen LogP contribution in [0.4, 0.5) is 0 Å².